The molecule has 0 heterocycles. The molecule has 4 rings (SSSR count). The number of esters is 1. The first-order valence-corrected chi connectivity index (χ1v) is 6.16. The summed E-state index contributed by atoms with van der Waals surface area (Å²) < 4.78 is 5.15. The zero-order valence-corrected chi connectivity index (χ0v) is 10.4. The molecule has 4 saturated carbocycles. The highest BCUT2D eigenvalue weighted by atomic mass is 35.5. The van der Waals surface area contributed by atoms with Gasteiger partial charge in [0.15, 0.2) is 0 Å². The molecule has 4 fully saturated rings. The van der Waals surface area contributed by atoms with Crippen molar-refractivity contribution in [2.45, 2.75) is 32.2 Å². The summed E-state index contributed by atoms with van der Waals surface area (Å²) in [6, 6.07) is 0.0755. The fourth-order valence-electron chi connectivity index (χ4n) is 4.08. The number of nitrogens with two attached hydrogens (primary N) is 1. The third-order valence-electron chi connectivity index (χ3n) is 4.75. The Hall–Kier alpha value is -0.280. The summed E-state index contributed by atoms with van der Waals surface area (Å²) >= 11 is 0. The zero-order valence-electron chi connectivity index (χ0n) is 9.59. The molecule has 0 radical (unpaired) electrons. The molecule has 0 aromatic heterocycles. The predicted molar refractivity (Wildman–Crippen MR) is 63.2 cm³/mol. The summed E-state index contributed by atoms with van der Waals surface area (Å²) in [5.41, 5.74) is 6.21. The van der Waals surface area contributed by atoms with E-state index in [4.69, 9.17) is 10.5 Å². The van der Waals surface area contributed by atoms with Crippen LogP contribution < -0.4 is 5.73 Å². The number of ether oxygens (including phenoxy) is 1. The molecule has 2 bridgehead atoms. The maximum absolute atomic E-state index is 11.9. The van der Waals surface area contributed by atoms with E-state index in [1.807, 2.05) is 6.92 Å². The summed E-state index contributed by atoms with van der Waals surface area (Å²) in [6.07, 6.45) is 3.75. The minimum absolute atomic E-state index is 0. The van der Waals surface area contributed by atoms with Crippen molar-refractivity contribution < 1.29 is 9.53 Å². The Balaban J connectivity index is 0.000000963. The quantitative estimate of drug-likeness (QED) is 0.752. The second-order valence-corrected chi connectivity index (χ2v) is 5.32. The molecule has 2 N–H and O–H groups in total. The van der Waals surface area contributed by atoms with E-state index in [0.29, 0.717) is 18.4 Å². The van der Waals surface area contributed by atoms with Gasteiger partial charge in [0.05, 0.1) is 12.5 Å². The van der Waals surface area contributed by atoms with Crippen molar-refractivity contribution in [3.8, 4) is 0 Å². The largest absolute Gasteiger partial charge is 0.466 e. The van der Waals surface area contributed by atoms with Gasteiger partial charge in [0, 0.05) is 6.04 Å². The van der Waals surface area contributed by atoms with Crippen molar-refractivity contribution in [1.82, 2.24) is 0 Å². The first kappa shape index (κ1) is 12.2. The highest BCUT2D eigenvalue weighted by Crippen LogP contribution is 2.63. The molecule has 0 aromatic carbocycles. The van der Waals surface area contributed by atoms with Crippen LogP contribution in [0.5, 0.6) is 0 Å². The van der Waals surface area contributed by atoms with Crippen LogP contribution in [-0.2, 0) is 9.53 Å². The standard InChI is InChI=1S/C12H19NO2.ClH/c1-2-15-12(14)10-6-3-4-7(11(10)13)9-5-8(6)9;/h6-11H,2-5,13H2,1H3;1H/t6-,7+,8?,9?,10-,11-;/m0./s1. The van der Waals surface area contributed by atoms with Crippen molar-refractivity contribution in [3.05, 3.63) is 0 Å². The Bertz CT molecular complexity index is 297. The molecule has 6 atom stereocenters. The number of hydrogen-bond donors (Lipinski definition) is 1. The van der Waals surface area contributed by atoms with Gasteiger partial charge in [-0.1, -0.05) is 0 Å². The predicted octanol–water partition coefficient (Wildman–Crippen LogP) is 1.59. The molecular weight excluding hydrogens is 226 g/mol. The Labute approximate surface area is 103 Å². The lowest BCUT2D eigenvalue weighted by Crippen LogP contribution is -2.54. The van der Waals surface area contributed by atoms with Crippen molar-refractivity contribution >= 4 is 18.4 Å². The van der Waals surface area contributed by atoms with E-state index in [-0.39, 0.29) is 30.3 Å². The summed E-state index contributed by atoms with van der Waals surface area (Å²) in [5.74, 6) is 2.77. The van der Waals surface area contributed by atoms with Gasteiger partial charge in [0.1, 0.15) is 0 Å². The number of rotatable bonds is 2. The molecule has 0 aliphatic heterocycles. The average Bonchev–Trinajstić information content (AvgIpc) is 2.98. The molecule has 0 spiro atoms. The van der Waals surface area contributed by atoms with Gasteiger partial charge in [0.25, 0.3) is 0 Å². The van der Waals surface area contributed by atoms with Crippen LogP contribution in [0.1, 0.15) is 26.2 Å². The van der Waals surface area contributed by atoms with Gasteiger partial charge in [-0.2, -0.15) is 0 Å². The van der Waals surface area contributed by atoms with E-state index in [9.17, 15) is 4.79 Å². The van der Waals surface area contributed by atoms with Crippen LogP contribution in [0.15, 0.2) is 0 Å². The monoisotopic (exact) mass is 245 g/mol. The fraction of sp³-hybridized carbons (Fsp3) is 0.917. The lowest BCUT2D eigenvalue weighted by Gasteiger charge is -2.45. The summed E-state index contributed by atoms with van der Waals surface area (Å²) in [4.78, 5) is 11.9. The third kappa shape index (κ3) is 1.56. The maximum atomic E-state index is 11.9. The Kier molecular flexibility index (Phi) is 3.19. The van der Waals surface area contributed by atoms with Gasteiger partial charge in [-0.3, -0.25) is 4.79 Å². The SMILES string of the molecule is CCOC(=O)[C@@H]1[C@@H](N)[C@@H]2CC[C@H]1C1CC12.Cl. The maximum Gasteiger partial charge on any atom is 0.310 e. The van der Waals surface area contributed by atoms with Gasteiger partial charge >= 0.3 is 5.97 Å². The first-order chi connectivity index (χ1) is 7.24. The number of carbonyl (C=O) groups excluding carboxylic acids is 1. The second-order valence-electron chi connectivity index (χ2n) is 5.32. The van der Waals surface area contributed by atoms with Crippen LogP contribution in [0.2, 0.25) is 0 Å². The van der Waals surface area contributed by atoms with Gasteiger partial charge < -0.3 is 10.5 Å². The Morgan fingerprint density at radius 3 is 2.56 bits per heavy atom. The molecular formula is C12H20ClNO2. The van der Waals surface area contributed by atoms with Crippen LogP contribution in [0.4, 0.5) is 0 Å². The first-order valence-electron chi connectivity index (χ1n) is 6.16. The molecule has 3 nitrogen and oxygen atoms in total. The van der Waals surface area contributed by atoms with Crippen LogP contribution in [0, 0.1) is 29.6 Å². The highest BCUT2D eigenvalue weighted by Gasteiger charge is 2.62. The molecule has 16 heavy (non-hydrogen) atoms. The zero-order chi connectivity index (χ0) is 10.6. The van der Waals surface area contributed by atoms with Crippen molar-refractivity contribution in [3.63, 3.8) is 0 Å². The van der Waals surface area contributed by atoms with Crippen LogP contribution in [-0.4, -0.2) is 18.6 Å². The Morgan fingerprint density at radius 1 is 1.25 bits per heavy atom. The Morgan fingerprint density at radius 2 is 1.88 bits per heavy atom. The highest BCUT2D eigenvalue weighted by molar-refractivity contribution is 5.85. The van der Waals surface area contributed by atoms with E-state index >= 15 is 0 Å². The van der Waals surface area contributed by atoms with E-state index in [0.717, 1.165) is 11.8 Å². The van der Waals surface area contributed by atoms with Gasteiger partial charge in [-0.25, -0.2) is 0 Å². The van der Waals surface area contributed by atoms with Crippen LogP contribution >= 0.6 is 12.4 Å². The molecule has 0 aromatic rings. The smallest absolute Gasteiger partial charge is 0.310 e. The average molecular weight is 246 g/mol. The lowest BCUT2D eigenvalue weighted by molar-refractivity contribution is -0.155. The van der Waals surface area contributed by atoms with Crippen molar-refractivity contribution in [1.29, 1.82) is 0 Å². The topological polar surface area (TPSA) is 52.3 Å². The molecule has 4 aliphatic rings. The molecule has 4 aliphatic carbocycles. The molecule has 0 amide bonds. The lowest BCUT2D eigenvalue weighted by atomic mass is 9.62. The van der Waals surface area contributed by atoms with E-state index < -0.39 is 0 Å². The normalized spacial score (nSPS) is 47.9. The molecule has 92 valence electrons. The van der Waals surface area contributed by atoms with Crippen molar-refractivity contribution in [2.24, 2.45) is 35.3 Å². The molecule has 2 unspecified atom stereocenters. The minimum Gasteiger partial charge on any atom is -0.466 e. The van der Waals surface area contributed by atoms with Gasteiger partial charge in [-0.15, -0.1) is 12.4 Å². The molecule has 0 saturated heterocycles. The summed E-state index contributed by atoms with van der Waals surface area (Å²) in [7, 11) is 0. The number of hydrogen-bond acceptors (Lipinski definition) is 3. The van der Waals surface area contributed by atoms with E-state index in [2.05, 4.69) is 0 Å². The van der Waals surface area contributed by atoms with E-state index in [1.165, 1.54) is 19.3 Å². The fourth-order valence-corrected chi connectivity index (χ4v) is 4.08. The van der Waals surface area contributed by atoms with Gasteiger partial charge in [-0.05, 0) is 49.9 Å². The van der Waals surface area contributed by atoms with E-state index in [1.54, 1.807) is 0 Å². The van der Waals surface area contributed by atoms with Crippen LogP contribution in [0.3, 0.4) is 0 Å². The third-order valence-corrected chi connectivity index (χ3v) is 4.75. The van der Waals surface area contributed by atoms with Crippen molar-refractivity contribution in [2.75, 3.05) is 6.61 Å². The minimum atomic E-state index is -0.0370. The number of fused-ring (bicyclic) bond motifs is 2. The van der Waals surface area contributed by atoms with Gasteiger partial charge in [0.2, 0.25) is 0 Å². The summed E-state index contributed by atoms with van der Waals surface area (Å²) in [5, 5.41) is 0. The van der Waals surface area contributed by atoms with Crippen LogP contribution in [0.25, 0.3) is 0 Å². The number of halogens is 1. The number of carbonyl (C=O) groups is 1. The molecule has 4 heteroatoms. The second kappa shape index (κ2) is 4.19. The summed E-state index contributed by atoms with van der Waals surface area (Å²) in [6.45, 7) is 2.35.